The molecular formula is C13H18FNO3. The van der Waals surface area contributed by atoms with E-state index >= 15 is 0 Å². The number of carbonyl (C=O) groups is 1. The maximum atomic E-state index is 13.1. The molecule has 1 aromatic rings. The van der Waals surface area contributed by atoms with Crippen LogP contribution in [-0.4, -0.2) is 36.6 Å². The molecule has 0 aliphatic rings. The van der Waals surface area contributed by atoms with Crippen LogP contribution >= 0.6 is 0 Å². The normalized spacial score (nSPS) is 10.2. The second-order valence-corrected chi connectivity index (χ2v) is 4.19. The summed E-state index contributed by atoms with van der Waals surface area (Å²) in [7, 11) is 3.40. The number of nitrogens with zero attached hydrogens (tertiary/aromatic N) is 1. The van der Waals surface area contributed by atoms with Crippen molar-refractivity contribution in [2.75, 3.05) is 20.7 Å². The number of carbonyl (C=O) groups excluding carboxylic acids is 1. The molecule has 0 atom stereocenters. The van der Waals surface area contributed by atoms with Gasteiger partial charge in [0.1, 0.15) is 11.6 Å². The summed E-state index contributed by atoms with van der Waals surface area (Å²) in [5.74, 6) is -0.0360. The van der Waals surface area contributed by atoms with Gasteiger partial charge in [-0.3, -0.25) is 4.79 Å². The van der Waals surface area contributed by atoms with Gasteiger partial charge in [0, 0.05) is 26.6 Å². The van der Waals surface area contributed by atoms with E-state index in [0.29, 0.717) is 30.8 Å². The van der Waals surface area contributed by atoms with E-state index < -0.39 is 5.82 Å². The van der Waals surface area contributed by atoms with E-state index in [2.05, 4.69) is 0 Å². The van der Waals surface area contributed by atoms with E-state index in [0.717, 1.165) is 0 Å². The molecule has 0 radical (unpaired) electrons. The Bertz CT molecular complexity index is 407. The van der Waals surface area contributed by atoms with E-state index in [4.69, 9.17) is 9.84 Å². The van der Waals surface area contributed by atoms with Crippen LogP contribution in [-0.2, 0) is 11.4 Å². The molecule has 0 spiro atoms. The Morgan fingerprint density at radius 2 is 2.11 bits per heavy atom. The molecule has 100 valence electrons. The van der Waals surface area contributed by atoms with Crippen molar-refractivity contribution in [2.24, 2.45) is 0 Å². The lowest BCUT2D eigenvalue weighted by molar-refractivity contribution is -0.128. The van der Waals surface area contributed by atoms with Crippen molar-refractivity contribution in [3.8, 4) is 5.75 Å². The molecule has 0 saturated heterocycles. The number of rotatable bonds is 6. The van der Waals surface area contributed by atoms with Gasteiger partial charge in [0.25, 0.3) is 0 Å². The third-order valence-electron chi connectivity index (χ3n) is 2.42. The number of hydrogen-bond acceptors (Lipinski definition) is 3. The Balaban J connectivity index is 2.39. The summed E-state index contributed by atoms with van der Waals surface area (Å²) in [5.41, 5.74) is 0.467. The first-order valence-corrected chi connectivity index (χ1v) is 5.76. The third-order valence-corrected chi connectivity index (χ3v) is 2.42. The highest BCUT2D eigenvalue weighted by molar-refractivity contribution is 5.75. The highest BCUT2D eigenvalue weighted by Crippen LogP contribution is 2.16. The van der Waals surface area contributed by atoms with E-state index in [1.165, 1.54) is 17.0 Å². The van der Waals surface area contributed by atoms with Crippen molar-refractivity contribution in [2.45, 2.75) is 19.4 Å². The van der Waals surface area contributed by atoms with Gasteiger partial charge >= 0.3 is 0 Å². The molecular weight excluding hydrogens is 237 g/mol. The van der Waals surface area contributed by atoms with Crippen LogP contribution in [0, 0.1) is 5.82 Å². The average Bonchev–Trinajstić information content (AvgIpc) is 2.33. The molecule has 0 bridgehead atoms. The zero-order valence-electron chi connectivity index (χ0n) is 10.6. The van der Waals surface area contributed by atoms with Gasteiger partial charge in [0.2, 0.25) is 5.91 Å². The summed E-state index contributed by atoms with van der Waals surface area (Å²) in [4.78, 5) is 12.8. The van der Waals surface area contributed by atoms with Crippen LogP contribution in [0.25, 0.3) is 0 Å². The first kappa shape index (κ1) is 14.4. The van der Waals surface area contributed by atoms with Crippen molar-refractivity contribution in [1.82, 2.24) is 4.90 Å². The van der Waals surface area contributed by atoms with E-state index in [-0.39, 0.29) is 12.5 Å². The molecule has 0 aliphatic heterocycles. The first-order valence-electron chi connectivity index (χ1n) is 5.76. The van der Waals surface area contributed by atoms with Gasteiger partial charge < -0.3 is 14.7 Å². The molecule has 4 nitrogen and oxygen atoms in total. The SMILES string of the molecule is CN(C)C(=O)CCCOc1cc(F)cc(CO)c1. The maximum absolute atomic E-state index is 13.1. The number of benzene rings is 1. The standard InChI is InChI=1S/C13H18FNO3/c1-15(2)13(17)4-3-5-18-12-7-10(9-16)6-11(14)8-12/h6-8,16H,3-5,9H2,1-2H3. The van der Waals surface area contributed by atoms with E-state index in [1.54, 1.807) is 20.2 Å². The molecule has 5 heteroatoms. The molecule has 0 unspecified atom stereocenters. The van der Waals surface area contributed by atoms with Gasteiger partial charge in [-0.1, -0.05) is 0 Å². The molecule has 0 heterocycles. The topological polar surface area (TPSA) is 49.8 Å². The highest BCUT2D eigenvalue weighted by Gasteiger charge is 2.04. The van der Waals surface area contributed by atoms with E-state index in [9.17, 15) is 9.18 Å². The fraction of sp³-hybridized carbons (Fsp3) is 0.462. The summed E-state index contributed by atoms with van der Waals surface area (Å²) in [6.07, 6.45) is 0.969. The van der Waals surface area contributed by atoms with Crippen LogP contribution in [0.5, 0.6) is 5.75 Å². The molecule has 1 amide bonds. The van der Waals surface area contributed by atoms with Gasteiger partial charge in [-0.25, -0.2) is 4.39 Å². The molecule has 1 rings (SSSR count). The summed E-state index contributed by atoms with van der Waals surface area (Å²) in [5, 5.41) is 8.92. The Hall–Kier alpha value is -1.62. The Kier molecular flexibility index (Phi) is 5.58. The second-order valence-electron chi connectivity index (χ2n) is 4.19. The quantitative estimate of drug-likeness (QED) is 0.785. The lowest BCUT2D eigenvalue weighted by atomic mass is 10.2. The lowest BCUT2D eigenvalue weighted by Gasteiger charge is -2.11. The predicted octanol–water partition coefficient (Wildman–Crippen LogP) is 1.57. The summed E-state index contributed by atoms with van der Waals surface area (Å²) < 4.78 is 18.4. The van der Waals surface area contributed by atoms with E-state index in [1.807, 2.05) is 0 Å². The minimum Gasteiger partial charge on any atom is -0.493 e. The predicted molar refractivity (Wildman–Crippen MR) is 65.7 cm³/mol. The largest absolute Gasteiger partial charge is 0.493 e. The zero-order valence-corrected chi connectivity index (χ0v) is 10.6. The Labute approximate surface area is 106 Å². The Morgan fingerprint density at radius 3 is 2.72 bits per heavy atom. The second kappa shape index (κ2) is 6.96. The van der Waals surface area contributed by atoms with Crippen LogP contribution in [0.1, 0.15) is 18.4 Å². The van der Waals surface area contributed by atoms with Gasteiger partial charge in [0.15, 0.2) is 0 Å². The summed E-state index contributed by atoms with van der Waals surface area (Å²) >= 11 is 0. The molecule has 0 aromatic heterocycles. The van der Waals surface area contributed by atoms with Crippen LogP contribution in [0.2, 0.25) is 0 Å². The van der Waals surface area contributed by atoms with Crippen LogP contribution in [0.15, 0.2) is 18.2 Å². The van der Waals surface area contributed by atoms with Crippen LogP contribution in [0.3, 0.4) is 0 Å². The lowest BCUT2D eigenvalue weighted by Crippen LogP contribution is -2.21. The number of halogens is 1. The van der Waals surface area contributed by atoms with Crippen molar-refractivity contribution >= 4 is 5.91 Å². The van der Waals surface area contributed by atoms with Crippen LogP contribution < -0.4 is 4.74 Å². The van der Waals surface area contributed by atoms with Gasteiger partial charge in [-0.05, 0) is 24.1 Å². The number of aliphatic hydroxyl groups is 1. The number of amides is 1. The number of ether oxygens (including phenoxy) is 1. The minimum atomic E-state index is -0.444. The summed E-state index contributed by atoms with van der Waals surface area (Å²) in [6, 6.07) is 4.09. The zero-order chi connectivity index (χ0) is 13.5. The fourth-order valence-corrected chi connectivity index (χ4v) is 1.43. The Morgan fingerprint density at radius 1 is 1.39 bits per heavy atom. The minimum absolute atomic E-state index is 0.0360. The first-order chi connectivity index (χ1) is 8.52. The van der Waals surface area contributed by atoms with Crippen molar-refractivity contribution in [3.05, 3.63) is 29.6 Å². The highest BCUT2D eigenvalue weighted by atomic mass is 19.1. The summed E-state index contributed by atoms with van der Waals surface area (Å²) in [6.45, 7) is 0.112. The molecule has 1 aromatic carbocycles. The molecule has 0 aliphatic carbocycles. The molecule has 18 heavy (non-hydrogen) atoms. The van der Waals surface area contributed by atoms with Gasteiger partial charge in [-0.15, -0.1) is 0 Å². The van der Waals surface area contributed by atoms with Gasteiger partial charge in [-0.2, -0.15) is 0 Å². The van der Waals surface area contributed by atoms with Crippen molar-refractivity contribution < 1.29 is 19.0 Å². The monoisotopic (exact) mass is 255 g/mol. The van der Waals surface area contributed by atoms with Crippen molar-refractivity contribution in [3.63, 3.8) is 0 Å². The van der Waals surface area contributed by atoms with Gasteiger partial charge in [0.05, 0.1) is 13.2 Å². The maximum Gasteiger partial charge on any atom is 0.222 e. The molecule has 0 fully saturated rings. The smallest absolute Gasteiger partial charge is 0.222 e. The fourth-order valence-electron chi connectivity index (χ4n) is 1.43. The molecule has 0 saturated carbocycles. The number of aliphatic hydroxyl groups excluding tert-OH is 1. The third kappa shape index (κ3) is 4.71. The van der Waals surface area contributed by atoms with Crippen molar-refractivity contribution in [1.29, 1.82) is 0 Å². The number of hydrogen-bond donors (Lipinski definition) is 1. The molecule has 1 N–H and O–H groups in total. The van der Waals surface area contributed by atoms with Crippen LogP contribution in [0.4, 0.5) is 4.39 Å². The average molecular weight is 255 g/mol.